The second-order valence-corrected chi connectivity index (χ2v) is 3.86. The van der Waals surface area contributed by atoms with Crippen LogP contribution < -0.4 is 5.32 Å². The van der Waals surface area contributed by atoms with Gasteiger partial charge in [0.05, 0.1) is 18.6 Å². The van der Waals surface area contributed by atoms with Crippen LogP contribution in [0.5, 0.6) is 0 Å². The lowest BCUT2D eigenvalue weighted by Gasteiger charge is -2.54. The van der Waals surface area contributed by atoms with Gasteiger partial charge in [-0.1, -0.05) is 0 Å². The SMILES string of the molecule is O=C1NC(=O)N2COC[C@@H]3C[C@H]1[C@@H]32. The summed E-state index contributed by atoms with van der Waals surface area (Å²) in [6.45, 7) is 1.02. The number of imide groups is 1. The standard InChI is InChI=1S/C8H10N2O3/c11-7-5-1-4-2-13-3-10(6(4)5)8(12)9-7/h4-6H,1-3H2,(H,9,11,12)/t4-,5-,6+/m0/s1. The van der Waals surface area contributed by atoms with Crippen molar-refractivity contribution in [2.75, 3.05) is 13.3 Å². The van der Waals surface area contributed by atoms with E-state index in [2.05, 4.69) is 5.32 Å². The molecule has 2 heterocycles. The largest absolute Gasteiger partial charge is 0.361 e. The fourth-order valence-corrected chi connectivity index (χ4v) is 2.49. The molecule has 3 atom stereocenters. The highest BCUT2D eigenvalue weighted by Crippen LogP contribution is 2.42. The minimum absolute atomic E-state index is 0.0200. The number of carbonyl (C=O) groups excluding carboxylic acids is 2. The first kappa shape index (κ1) is 7.32. The van der Waals surface area contributed by atoms with E-state index >= 15 is 0 Å². The average molecular weight is 182 g/mol. The number of nitrogens with one attached hydrogen (secondary N) is 1. The van der Waals surface area contributed by atoms with Gasteiger partial charge in [-0.25, -0.2) is 4.79 Å². The normalized spacial score (nSPS) is 42.2. The first-order valence-electron chi connectivity index (χ1n) is 4.46. The van der Waals surface area contributed by atoms with Crippen molar-refractivity contribution in [1.82, 2.24) is 10.2 Å². The van der Waals surface area contributed by atoms with Gasteiger partial charge >= 0.3 is 6.03 Å². The molecule has 13 heavy (non-hydrogen) atoms. The maximum absolute atomic E-state index is 11.3. The van der Waals surface area contributed by atoms with Crippen LogP contribution in [0.15, 0.2) is 0 Å². The number of nitrogens with zero attached hydrogens (tertiary/aromatic N) is 1. The Bertz CT molecular complexity index is 291. The fourth-order valence-electron chi connectivity index (χ4n) is 2.49. The lowest BCUT2D eigenvalue weighted by atomic mass is 9.67. The molecule has 3 amide bonds. The third-order valence-electron chi connectivity index (χ3n) is 3.20. The van der Waals surface area contributed by atoms with Crippen LogP contribution in [0.25, 0.3) is 0 Å². The Kier molecular flexibility index (Phi) is 1.25. The predicted molar refractivity (Wildman–Crippen MR) is 41.6 cm³/mol. The van der Waals surface area contributed by atoms with Gasteiger partial charge in [-0.2, -0.15) is 0 Å². The van der Waals surface area contributed by atoms with E-state index in [0.717, 1.165) is 6.42 Å². The van der Waals surface area contributed by atoms with E-state index in [0.29, 0.717) is 19.3 Å². The summed E-state index contributed by atoms with van der Waals surface area (Å²) in [7, 11) is 0. The summed E-state index contributed by atoms with van der Waals surface area (Å²) in [5.41, 5.74) is 0. The number of carbonyl (C=O) groups is 2. The molecule has 0 aromatic carbocycles. The molecule has 1 aliphatic carbocycles. The third kappa shape index (κ3) is 0.798. The number of hydrogen-bond acceptors (Lipinski definition) is 3. The minimum atomic E-state index is -0.296. The van der Waals surface area contributed by atoms with Crippen molar-refractivity contribution in [2.24, 2.45) is 11.8 Å². The Morgan fingerprint density at radius 1 is 1.46 bits per heavy atom. The van der Waals surface area contributed by atoms with Crippen LogP contribution >= 0.6 is 0 Å². The highest BCUT2D eigenvalue weighted by atomic mass is 16.5. The van der Waals surface area contributed by atoms with Gasteiger partial charge in [0, 0.05) is 5.92 Å². The molecule has 1 saturated carbocycles. The zero-order valence-electron chi connectivity index (χ0n) is 7.03. The first-order valence-corrected chi connectivity index (χ1v) is 4.46. The average Bonchev–Trinajstić information content (AvgIpc) is 2.04. The molecule has 1 N–H and O–H groups in total. The molecule has 0 aromatic rings. The van der Waals surface area contributed by atoms with E-state index in [1.807, 2.05) is 0 Å². The summed E-state index contributed by atoms with van der Waals surface area (Å²) in [5.74, 6) is 0.296. The summed E-state index contributed by atoms with van der Waals surface area (Å²) in [6, 6.07) is -0.175. The first-order chi connectivity index (χ1) is 6.27. The van der Waals surface area contributed by atoms with E-state index in [1.165, 1.54) is 0 Å². The summed E-state index contributed by atoms with van der Waals surface area (Å²) < 4.78 is 5.25. The number of amides is 3. The lowest BCUT2D eigenvalue weighted by Crippen LogP contribution is -2.70. The zero-order valence-corrected chi connectivity index (χ0v) is 7.03. The van der Waals surface area contributed by atoms with Gasteiger partial charge in [-0.05, 0) is 6.42 Å². The third-order valence-corrected chi connectivity index (χ3v) is 3.20. The Morgan fingerprint density at radius 3 is 3.15 bits per heavy atom. The van der Waals surface area contributed by atoms with Gasteiger partial charge in [0.2, 0.25) is 5.91 Å². The van der Waals surface area contributed by atoms with E-state index in [9.17, 15) is 9.59 Å². The van der Waals surface area contributed by atoms with Crippen molar-refractivity contribution in [3.05, 3.63) is 0 Å². The zero-order chi connectivity index (χ0) is 9.00. The van der Waals surface area contributed by atoms with Crippen molar-refractivity contribution in [3.8, 4) is 0 Å². The van der Waals surface area contributed by atoms with Gasteiger partial charge < -0.3 is 4.74 Å². The maximum Gasteiger partial charge on any atom is 0.326 e. The quantitative estimate of drug-likeness (QED) is 0.551. The number of hydrogen-bond donors (Lipinski definition) is 1. The molecule has 2 aliphatic heterocycles. The molecule has 3 fully saturated rings. The van der Waals surface area contributed by atoms with Crippen molar-refractivity contribution in [1.29, 1.82) is 0 Å². The molecule has 0 aromatic heterocycles. The molecule has 0 spiro atoms. The molecular formula is C8H10N2O3. The molecule has 0 unspecified atom stereocenters. The van der Waals surface area contributed by atoms with E-state index in [4.69, 9.17) is 4.74 Å². The van der Waals surface area contributed by atoms with Crippen molar-refractivity contribution in [3.63, 3.8) is 0 Å². The van der Waals surface area contributed by atoms with Crippen molar-refractivity contribution >= 4 is 11.9 Å². The molecule has 0 radical (unpaired) electrons. The van der Waals surface area contributed by atoms with Gasteiger partial charge in [-0.3, -0.25) is 15.0 Å². The van der Waals surface area contributed by atoms with E-state index < -0.39 is 0 Å². The van der Waals surface area contributed by atoms with Crippen LogP contribution in [-0.4, -0.2) is 36.2 Å². The van der Waals surface area contributed by atoms with E-state index in [-0.39, 0.29) is 23.9 Å². The minimum Gasteiger partial charge on any atom is -0.361 e. The Hall–Kier alpha value is -1.10. The molecule has 5 nitrogen and oxygen atoms in total. The number of rotatable bonds is 0. The van der Waals surface area contributed by atoms with Crippen LogP contribution in [0.4, 0.5) is 4.79 Å². The molecule has 0 bridgehead atoms. The predicted octanol–water partition coefficient (Wildman–Crippen LogP) is -0.469. The molecule has 3 aliphatic rings. The van der Waals surface area contributed by atoms with Crippen LogP contribution in [0.2, 0.25) is 0 Å². The smallest absolute Gasteiger partial charge is 0.326 e. The van der Waals surface area contributed by atoms with Crippen molar-refractivity contribution < 1.29 is 14.3 Å². The monoisotopic (exact) mass is 182 g/mol. The molecule has 3 rings (SSSR count). The number of ether oxygens (including phenoxy) is 1. The maximum atomic E-state index is 11.3. The fraction of sp³-hybridized carbons (Fsp3) is 0.750. The molecule has 70 valence electrons. The summed E-state index contributed by atoms with van der Waals surface area (Å²) in [4.78, 5) is 24.2. The molecule has 5 heteroatoms. The van der Waals surface area contributed by atoms with Crippen LogP contribution in [0, 0.1) is 11.8 Å². The van der Waals surface area contributed by atoms with E-state index in [1.54, 1.807) is 4.90 Å². The van der Waals surface area contributed by atoms with Gasteiger partial charge in [-0.15, -0.1) is 0 Å². The Balaban J connectivity index is 1.91. The van der Waals surface area contributed by atoms with Gasteiger partial charge in [0.25, 0.3) is 0 Å². The van der Waals surface area contributed by atoms with Crippen LogP contribution in [0.3, 0.4) is 0 Å². The van der Waals surface area contributed by atoms with Gasteiger partial charge in [0.1, 0.15) is 6.73 Å². The van der Waals surface area contributed by atoms with Gasteiger partial charge in [0.15, 0.2) is 0 Å². The summed E-state index contributed by atoms with van der Waals surface area (Å²) >= 11 is 0. The van der Waals surface area contributed by atoms with Crippen LogP contribution in [0.1, 0.15) is 6.42 Å². The topological polar surface area (TPSA) is 58.6 Å². The molecular weight excluding hydrogens is 172 g/mol. The van der Waals surface area contributed by atoms with Crippen molar-refractivity contribution in [2.45, 2.75) is 12.5 Å². The highest BCUT2D eigenvalue weighted by Gasteiger charge is 2.55. The second kappa shape index (κ2) is 2.23. The Morgan fingerprint density at radius 2 is 2.31 bits per heavy atom. The number of urea groups is 1. The summed E-state index contributed by atoms with van der Waals surface area (Å²) in [5, 5.41) is 2.33. The lowest BCUT2D eigenvalue weighted by molar-refractivity contribution is -0.161. The molecule has 2 saturated heterocycles. The Labute approximate surface area is 75.0 Å². The van der Waals surface area contributed by atoms with Crippen LogP contribution in [-0.2, 0) is 9.53 Å². The highest BCUT2D eigenvalue weighted by molar-refractivity contribution is 5.99. The second-order valence-electron chi connectivity index (χ2n) is 3.86. The summed E-state index contributed by atoms with van der Waals surface area (Å²) in [6.07, 6.45) is 0.861.